The highest BCUT2D eigenvalue weighted by atomic mass is 32.2. The number of thioether (sulfide) groups is 1. The van der Waals surface area contributed by atoms with Crippen LogP contribution in [0.25, 0.3) is 0 Å². The summed E-state index contributed by atoms with van der Waals surface area (Å²) in [5.74, 6) is -0.0221. The van der Waals surface area contributed by atoms with Gasteiger partial charge in [-0.25, -0.2) is 0 Å². The van der Waals surface area contributed by atoms with Crippen molar-refractivity contribution in [2.75, 3.05) is 11.5 Å². The molecule has 4 N–H and O–H groups in total. The van der Waals surface area contributed by atoms with E-state index < -0.39 is 0 Å². The zero-order chi connectivity index (χ0) is 8.97. The van der Waals surface area contributed by atoms with Crippen LogP contribution in [0.4, 0.5) is 5.69 Å². The van der Waals surface area contributed by atoms with E-state index in [9.17, 15) is 4.79 Å². The largest absolute Gasteiger partial charge is 0.399 e. The van der Waals surface area contributed by atoms with Gasteiger partial charge < -0.3 is 11.5 Å². The Bertz CT molecular complexity index is 288. The molecule has 0 aliphatic carbocycles. The summed E-state index contributed by atoms with van der Waals surface area (Å²) in [6.07, 6.45) is 0. The van der Waals surface area contributed by atoms with E-state index in [-0.39, 0.29) is 5.91 Å². The van der Waals surface area contributed by atoms with E-state index in [4.69, 9.17) is 11.5 Å². The fourth-order valence-electron chi connectivity index (χ4n) is 0.759. The van der Waals surface area contributed by atoms with Gasteiger partial charge in [-0.3, -0.25) is 4.79 Å². The second-order valence-electron chi connectivity index (χ2n) is 2.33. The van der Waals surface area contributed by atoms with E-state index in [0.29, 0.717) is 11.4 Å². The highest BCUT2D eigenvalue weighted by Crippen LogP contribution is 2.19. The number of hydrogen-bond acceptors (Lipinski definition) is 3. The number of nitrogen functional groups attached to an aromatic ring is 1. The van der Waals surface area contributed by atoms with Crippen molar-refractivity contribution in [2.45, 2.75) is 4.90 Å². The summed E-state index contributed by atoms with van der Waals surface area (Å²) in [5.41, 5.74) is 11.2. The molecular weight excluding hydrogens is 172 g/mol. The number of amides is 1. The minimum atomic E-state index is -0.317. The van der Waals surface area contributed by atoms with E-state index in [1.807, 2.05) is 18.2 Å². The first-order valence-corrected chi connectivity index (χ1v) is 4.43. The van der Waals surface area contributed by atoms with Crippen LogP contribution in [-0.4, -0.2) is 11.7 Å². The van der Waals surface area contributed by atoms with Crippen LogP contribution in [0, 0.1) is 0 Å². The minimum Gasteiger partial charge on any atom is -0.399 e. The summed E-state index contributed by atoms with van der Waals surface area (Å²) in [5, 5.41) is 0. The molecule has 4 heteroatoms. The van der Waals surface area contributed by atoms with Crippen LogP contribution in [0.1, 0.15) is 0 Å². The zero-order valence-electron chi connectivity index (χ0n) is 6.49. The summed E-state index contributed by atoms with van der Waals surface area (Å²) in [6.45, 7) is 0. The monoisotopic (exact) mass is 182 g/mol. The molecule has 1 aromatic carbocycles. The Morgan fingerprint density at radius 2 is 2.25 bits per heavy atom. The summed E-state index contributed by atoms with van der Waals surface area (Å²) in [4.78, 5) is 11.4. The van der Waals surface area contributed by atoms with Gasteiger partial charge in [0, 0.05) is 10.6 Å². The standard InChI is InChI=1S/C8H10N2OS/c9-6-2-1-3-7(4-6)12-5-8(10)11/h1-4H,5,9H2,(H2,10,11). The zero-order valence-corrected chi connectivity index (χ0v) is 7.30. The number of anilines is 1. The van der Waals surface area contributed by atoms with Crippen molar-refractivity contribution in [1.29, 1.82) is 0 Å². The van der Waals surface area contributed by atoms with Gasteiger partial charge in [0.05, 0.1) is 5.75 Å². The second-order valence-corrected chi connectivity index (χ2v) is 3.38. The molecule has 3 nitrogen and oxygen atoms in total. The SMILES string of the molecule is NC(=O)CSc1cccc(N)c1. The summed E-state index contributed by atoms with van der Waals surface area (Å²) in [7, 11) is 0. The topological polar surface area (TPSA) is 69.1 Å². The smallest absolute Gasteiger partial charge is 0.227 e. The minimum absolute atomic E-state index is 0.295. The third kappa shape index (κ3) is 2.84. The van der Waals surface area contributed by atoms with E-state index >= 15 is 0 Å². The van der Waals surface area contributed by atoms with Crippen molar-refractivity contribution in [3.8, 4) is 0 Å². The Morgan fingerprint density at radius 3 is 2.83 bits per heavy atom. The van der Waals surface area contributed by atoms with Crippen LogP contribution in [0.2, 0.25) is 0 Å². The normalized spacial score (nSPS) is 9.67. The molecule has 0 aromatic heterocycles. The Kier molecular flexibility index (Phi) is 2.99. The Labute approximate surface area is 75.1 Å². The average molecular weight is 182 g/mol. The van der Waals surface area contributed by atoms with Crippen LogP contribution in [-0.2, 0) is 4.79 Å². The van der Waals surface area contributed by atoms with Crippen molar-refractivity contribution in [3.05, 3.63) is 24.3 Å². The Balaban J connectivity index is 2.57. The number of hydrogen-bond donors (Lipinski definition) is 2. The van der Waals surface area contributed by atoms with Gasteiger partial charge >= 0.3 is 0 Å². The molecule has 1 rings (SSSR count). The lowest BCUT2D eigenvalue weighted by Crippen LogP contribution is -2.12. The molecule has 0 aliphatic heterocycles. The molecule has 64 valence electrons. The van der Waals surface area contributed by atoms with Crippen molar-refractivity contribution < 1.29 is 4.79 Å². The molecule has 0 saturated heterocycles. The maximum Gasteiger partial charge on any atom is 0.227 e. The van der Waals surface area contributed by atoms with Crippen LogP contribution in [0.5, 0.6) is 0 Å². The molecular formula is C8H10N2OS. The molecule has 0 aliphatic rings. The molecule has 0 bridgehead atoms. The van der Waals surface area contributed by atoms with Gasteiger partial charge in [0.25, 0.3) is 0 Å². The van der Waals surface area contributed by atoms with Crippen molar-refractivity contribution in [1.82, 2.24) is 0 Å². The lowest BCUT2D eigenvalue weighted by atomic mass is 10.3. The Morgan fingerprint density at radius 1 is 1.50 bits per heavy atom. The molecule has 0 unspecified atom stereocenters. The molecule has 1 amide bonds. The number of carbonyl (C=O) groups excluding carboxylic acids is 1. The van der Waals surface area contributed by atoms with Crippen molar-refractivity contribution in [3.63, 3.8) is 0 Å². The van der Waals surface area contributed by atoms with Gasteiger partial charge in [-0.05, 0) is 18.2 Å². The molecule has 0 atom stereocenters. The third-order valence-electron chi connectivity index (χ3n) is 1.24. The van der Waals surface area contributed by atoms with E-state index in [1.54, 1.807) is 6.07 Å². The number of rotatable bonds is 3. The number of primary amides is 1. The van der Waals surface area contributed by atoms with Gasteiger partial charge in [0.2, 0.25) is 5.91 Å². The summed E-state index contributed by atoms with van der Waals surface area (Å²) >= 11 is 1.39. The predicted octanol–water partition coefficient (Wildman–Crippen LogP) is 0.846. The predicted molar refractivity (Wildman–Crippen MR) is 50.8 cm³/mol. The summed E-state index contributed by atoms with van der Waals surface area (Å²) in [6, 6.07) is 7.35. The van der Waals surface area contributed by atoms with Crippen LogP contribution in [0.3, 0.4) is 0 Å². The van der Waals surface area contributed by atoms with Crippen LogP contribution >= 0.6 is 11.8 Å². The number of carbonyl (C=O) groups is 1. The van der Waals surface area contributed by atoms with Gasteiger partial charge in [0.1, 0.15) is 0 Å². The third-order valence-corrected chi connectivity index (χ3v) is 2.26. The van der Waals surface area contributed by atoms with Gasteiger partial charge in [-0.2, -0.15) is 0 Å². The lowest BCUT2D eigenvalue weighted by molar-refractivity contribution is -0.115. The second kappa shape index (κ2) is 4.01. The highest BCUT2D eigenvalue weighted by molar-refractivity contribution is 8.00. The van der Waals surface area contributed by atoms with Crippen LogP contribution < -0.4 is 11.5 Å². The molecule has 12 heavy (non-hydrogen) atoms. The molecule has 0 radical (unpaired) electrons. The van der Waals surface area contributed by atoms with Crippen molar-refractivity contribution >= 4 is 23.4 Å². The highest BCUT2D eigenvalue weighted by Gasteiger charge is 1.97. The summed E-state index contributed by atoms with van der Waals surface area (Å²) < 4.78 is 0. The van der Waals surface area contributed by atoms with Gasteiger partial charge in [0.15, 0.2) is 0 Å². The Hall–Kier alpha value is -1.16. The average Bonchev–Trinajstić information content (AvgIpc) is 2.01. The maximum atomic E-state index is 10.4. The first-order chi connectivity index (χ1) is 5.68. The maximum absolute atomic E-state index is 10.4. The molecule has 0 fully saturated rings. The lowest BCUT2D eigenvalue weighted by Gasteiger charge is -1.99. The first-order valence-electron chi connectivity index (χ1n) is 3.45. The molecule has 0 spiro atoms. The van der Waals surface area contributed by atoms with E-state index in [2.05, 4.69) is 0 Å². The number of benzene rings is 1. The number of nitrogens with two attached hydrogens (primary N) is 2. The van der Waals surface area contributed by atoms with Gasteiger partial charge in [-0.1, -0.05) is 6.07 Å². The van der Waals surface area contributed by atoms with Crippen molar-refractivity contribution in [2.24, 2.45) is 5.73 Å². The fraction of sp³-hybridized carbons (Fsp3) is 0.125. The quantitative estimate of drug-likeness (QED) is 0.537. The van der Waals surface area contributed by atoms with Crippen LogP contribution in [0.15, 0.2) is 29.2 Å². The molecule has 0 saturated carbocycles. The van der Waals surface area contributed by atoms with Gasteiger partial charge in [-0.15, -0.1) is 11.8 Å². The molecule has 1 aromatic rings. The van der Waals surface area contributed by atoms with E-state index in [0.717, 1.165) is 4.90 Å². The van der Waals surface area contributed by atoms with E-state index in [1.165, 1.54) is 11.8 Å². The molecule has 0 heterocycles. The first kappa shape index (κ1) is 8.93. The fourth-order valence-corrected chi connectivity index (χ4v) is 1.46.